The van der Waals surface area contributed by atoms with Crippen molar-refractivity contribution in [2.45, 2.75) is 38.3 Å². The van der Waals surface area contributed by atoms with Gasteiger partial charge in [-0.05, 0) is 38.3 Å². The zero-order chi connectivity index (χ0) is 14.7. The highest BCUT2D eigenvalue weighted by atomic mass is 16.5. The predicted octanol–water partition coefficient (Wildman–Crippen LogP) is 1.74. The van der Waals surface area contributed by atoms with Crippen LogP contribution in [0.1, 0.15) is 36.5 Å². The van der Waals surface area contributed by atoms with Crippen LogP contribution in [0.15, 0.2) is 18.2 Å². The number of para-hydroxylation sites is 1. The SMILES string of the molecule is COc1cccc(C(=O)N2C(C)CCCC2CN)c1O. The number of piperidine rings is 1. The number of phenols is 1. The standard InChI is InChI=1S/C15H22N2O3/c1-10-5-3-6-11(9-16)17(10)15(19)12-7-4-8-13(20-2)14(12)18/h4,7-8,10-11,18H,3,5-6,9,16H2,1-2H3. The quantitative estimate of drug-likeness (QED) is 0.883. The molecular weight excluding hydrogens is 256 g/mol. The van der Waals surface area contributed by atoms with Crippen LogP contribution >= 0.6 is 0 Å². The molecule has 2 atom stereocenters. The highest BCUT2D eigenvalue weighted by Crippen LogP contribution is 2.32. The second kappa shape index (κ2) is 6.13. The largest absolute Gasteiger partial charge is 0.504 e. The Morgan fingerprint density at radius 1 is 1.50 bits per heavy atom. The average Bonchev–Trinajstić information content (AvgIpc) is 2.46. The first kappa shape index (κ1) is 14.7. The Balaban J connectivity index is 2.34. The number of nitrogens with two attached hydrogens (primary N) is 1. The fraction of sp³-hybridized carbons (Fsp3) is 0.533. The van der Waals surface area contributed by atoms with E-state index in [4.69, 9.17) is 10.5 Å². The zero-order valence-electron chi connectivity index (χ0n) is 12.0. The molecule has 2 rings (SSSR count). The van der Waals surface area contributed by atoms with Crippen LogP contribution in [0.2, 0.25) is 0 Å². The Morgan fingerprint density at radius 2 is 2.25 bits per heavy atom. The number of phenolic OH excluding ortho intramolecular Hbond substituents is 1. The van der Waals surface area contributed by atoms with Gasteiger partial charge >= 0.3 is 0 Å². The molecule has 0 aromatic heterocycles. The topological polar surface area (TPSA) is 75.8 Å². The maximum Gasteiger partial charge on any atom is 0.258 e. The summed E-state index contributed by atoms with van der Waals surface area (Å²) < 4.78 is 5.06. The maximum absolute atomic E-state index is 12.7. The van der Waals surface area contributed by atoms with Gasteiger partial charge in [0.1, 0.15) is 0 Å². The third-order valence-corrected chi connectivity index (χ3v) is 3.98. The molecule has 0 aliphatic carbocycles. The number of ether oxygens (including phenoxy) is 1. The molecule has 1 saturated heterocycles. The summed E-state index contributed by atoms with van der Waals surface area (Å²) in [5.74, 6) is 0.0300. The van der Waals surface area contributed by atoms with E-state index in [0.29, 0.717) is 12.3 Å². The van der Waals surface area contributed by atoms with Crippen molar-refractivity contribution in [3.05, 3.63) is 23.8 Å². The number of hydrogen-bond donors (Lipinski definition) is 2. The molecule has 1 aromatic rings. The number of nitrogens with zero attached hydrogens (tertiary/aromatic N) is 1. The highest BCUT2D eigenvalue weighted by Gasteiger charge is 2.33. The van der Waals surface area contributed by atoms with Crippen molar-refractivity contribution in [3.63, 3.8) is 0 Å². The second-order valence-corrected chi connectivity index (χ2v) is 5.24. The number of rotatable bonds is 3. The number of methoxy groups -OCH3 is 1. The third kappa shape index (κ3) is 2.58. The number of aromatic hydroxyl groups is 1. The average molecular weight is 278 g/mol. The maximum atomic E-state index is 12.7. The van der Waals surface area contributed by atoms with Crippen molar-refractivity contribution in [2.75, 3.05) is 13.7 Å². The molecule has 1 amide bonds. The summed E-state index contributed by atoms with van der Waals surface area (Å²) in [5.41, 5.74) is 6.06. The van der Waals surface area contributed by atoms with Crippen molar-refractivity contribution in [2.24, 2.45) is 5.73 Å². The number of hydrogen-bond acceptors (Lipinski definition) is 4. The van der Waals surface area contributed by atoms with E-state index in [9.17, 15) is 9.90 Å². The van der Waals surface area contributed by atoms with Crippen LogP contribution in [0.25, 0.3) is 0 Å². The van der Waals surface area contributed by atoms with E-state index >= 15 is 0 Å². The molecule has 1 heterocycles. The Bertz CT molecular complexity index is 490. The van der Waals surface area contributed by atoms with Gasteiger partial charge in [-0.25, -0.2) is 0 Å². The molecule has 20 heavy (non-hydrogen) atoms. The van der Waals surface area contributed by atoms with Gasteiger partial charge in [0.15, 0.2) is 11.5 Å². The summed E-state index contributed by atoms with van der Waals surface area (Å²) in [4.78, 5) is 14.5. The fourth-order valence-electron chi connectivity index (χ4n) is 2.88. The van der Waals surface area contributed by atoms with Crippen LogP contribution in [0.4, 0.5) is 0 Å². The molecule has 3 N–H and O–H groups in total. The first-order valence-corrected chi connectivity index (χ1v) is 6.98. The van der Waals surface area contributed by atoms with Gasteiger partial charge in [-0.1, -0.05) is 6.07 Å². The lowest BCUT2D eigenvalue weighted by atomic mass is 9.95. The molecule has 0 radical (unpaired) electrons. The number of benzene rings is 1. The lowest BCUT2D eigenvalue weighted by Crippen LogP contribution is -2.51. The van der Waals surface area contributed by atoms with Gasteiger partial charge in [0, 0.05) is 18.6 Å². The van der Waals surface area contributed by atoms with Crippen LogP contribution in [0, 0.1) is 0 Å². The number of carbonyl (C=O) groups is 1. The van der Waals surface area contributed by atoms with Gasteiger partial charge in [0.05, 0.1) is 12.7 Å². The Hall–Kier alpha value is -1.75. The number of likely N-dealkylation sites (tertiary alicyclic amines) is 1. The van der Waals surface area contributed by atoms with Crippen molar-refractivity contribution in [3.8, 4) is 11.5 Å². The minimum atomic E-state index is -0.177. The third-order valence-electron chi connectivity index (χ3n) is 3.98. The molecule has 110 valence electrons. The molecule has 1 aromatic carbocycles. The second-order valence-electron chi connectivity index (χ2n) is 5.24. The van der Waals surface area contributed by atoms with E-state index in [1.807, 2.05) is 6.92 Å². The minimum absolute atomic E-state index is 0.0388. The Labute approximate surface area is 119 Å². The van der Waals surface area contributed by atoms with Crippen LogP contribution < -0.4 is 10.5 Å². The van der Waals surface area contributed by atoms with Crippen LogP contribution in [-0.2, 0) is 0 Å². The normalized spacial score (nSPS) is 22.6. The minimum Gasteiger partial charge on any atom is -0.504 e. The van der Waals surface area contributed by atoms with E-state index in [0.717, 1.165) is 19.3 Å². The van der Waals surface area contributed by atoms with E-state index in [-0.39, 0.29) is 29.3 Å². The molecule has 1 fully saturated rings. The van der Waals surface area contributed by atoms with Crippen LogP contribution in [0.5, 0.6) is 11.5 Å². The highest BCUT2D eigenvalue weighted by molar-refractivity contribution is 5.98. The number of amides is 1. The summed E-state index contributed by atoms with van der Waals surface area (Å²) in [5, 5.41) is 10.1. The van der Waals surface area contributed by atoms with E-state index < -0.39 is 0 Å². The lowest BCUT2D eigenvalue weighted by molar-refractivity contribution is 0.0490. The van der Waals surface area contributed by atoms with E-state index in [2.05, 4.69) is 0 Å². The number of carbonyl (C=O) groups excluding carboxylic acids is 1. The molecule has 1 aliphatic heterocycles. The summed E-state index contributed by atoms with van der Waals surface area (Å²) in [7, 11) is 1.47. The molecule has 5 nitrogen and oxygen atoms in total. The van der Waals surface area contributed by atoms with Gasteiger partial charge in [-0.3, -0.25) is 4.79 Å². The van der Waals surface area contributed by atoms with Crippen molar-refractivity contribution in [1.29, 1.82) is 0 Å². The Kier molecular flexibility index (Phi) is 4.49. The molecule has 0 bridgehead atoms. The molecule has 2 unspecified atom stereocenters. The molecular formula is C15H22N2O3. The van der Waals surface area contributed by atoms with Crippen molar-refractivity contribution in [1.82, 2.24) is 4.90 Å². The zero-order valence-corrected chi connectivity index (χ0v) is 12.0. The van der Waals surface area contributed by atoms with E-state index in [1.54, 1.807) is 23.1 Å². The van der Waals surface area contributed by atoms with Crippen LogP contribution in [-0.4, -0.2) is 41.7 Å². The lowest BCUT2D eigenvalue weighted by Gasteiger charge is -2.40. The summed E-state index contributed by atoms with van der Waals surface area (Å²) in [6.45, 7) is 2.47. The summed E-state index contributed by atoms with van der Waals surface area (Å²) >= 11 is 0. The molecule has 0 saturated carbocycles. The van der Waals surface area contributed by atoms with Crippen molar-refractivity contribution < 1.29 is 14.6 Å². The van der Waals surface area contributed by atoms with E-state index in [1.165, 1.54) is 7.11 Å². The van der Waals surface area contributed by atoms with Gasteiger partial charge in [0.25, 0.3) is 5.91 Å². The Morgan fingerprint density at radius 3 is 2.90 bits per heavy atom. The van der Waals surface area contributed by atoms with Crippen LogP contribution in [0.3, 0.4) is 0 Å². The first-order valence-electron chi connectivity index (χ1n) is 6.98. The van der Waals surface area contributed by atoms with Crippen molar-refractivity contribution >= 4 is 5.91 Å². The fourth-order valence-corrected chi connectivity index (χ4v) is 2.88. The molecule has 5 heteroatoms. The monoisotopic (exact) mass is 278 g/mol. The smallest absolute Gasteiger partial charge is 0.258 e. The first-order chi connectivity index (χ1) is 9.60. The van der Waals surface area contributed by atoms with Gasteiger partial charge < -0.3 is 20.5 Å². The molecule has 1 aliphatic rings. The summed E-state index contributed by atoms with van der Waals surface area (Å²) in [6.07, 6.45) is 2.96. The van der Waals surface area contributed by atoms with Gasteiger partial charge in [-0.2, -0.15) is 0 Å². The van der Waals surface area contributed by atoms with Gasteiger partial charge in [-0.15, -0.1) is 0 Å². The molecule has 0 spiro atoms. The summed E-state index contributed by atoms with van der Waals surface area (Å²) in [6, 6.07) is 5.13. The predicted molar refractivity (Wildman–Crippen MR) is 77.0 cm³/mol. The van der Waals surface area contributed by atoms with Gasteiger partial charge in [0.2, 0.25) is 0 Å².